The largest absolute Gasteiger partial charge is 0.455 e. The zero-order valence-electron chi connectivity index (χ0n) is 8.39. The molecule has 2 rings (SSSR count). The van der Waals surface area contributed by atoms with Crippen LogP contribution < -0.4 is 10.5 Å². The van der Waals surface area contributed by atoms with Gasteiger partial charge in [-0.05, 0) is 36.4 Å². The molecule has 0 saturated carbocycles. The standard InChI is InChI=1S/C12H10FNO.ClH/c13-9-5-7-10(8-6-9)15-12-4-2-1-3-11(12)14;/h1-8H,14H2;1H. The molecule has 2 N–H and O–H groups in total. The van der Waals surface area contributed by atoms with Gasteiger partial charge in [0.25, 0.3) is 0 Å². The summed E-state index contributed by atoms with van der Waals surface area (Å²) >= 11 is 0. The van der Waals surface area contributed by atoms with Crippen molar-refractivity contribution in [3.05, 3.63) is 54.3 Å². The van der Waals surface area contributed by atoms with E-state index in [1.807, 2.05) is 12.1 Å². The first-order valence-electron chi connectivity index (χ1n) is 4.53. The molecule has 0 amide bonds. The van der Waals surface area contributed by atoms with E-state index in [-0.39, 0.29) is 18.2 Å². The van der Waals surface area contributed by atoms with E-state index < -0.39 is 0 Å². The van der Waals surface area contributed by atoms with E-state index in [1.165, 1.54) is 12.1 Å². The molecule has 0 spiro atoms. The van der Waals surface area contributed by atoms with Gasteiger partial charge in [0.15, 0.2) is 0 Å². The first-order valence-corrected chi connectivity index (χ1v) is 4.53. The number of benzene rings is 2. The molecule has 0 heterocycles. The Kier molecular flexibility index (Phi) is 4.14. The van der Waals surface area contributed by atoms with Crippen molar-refractivity contribution in [3.63, 3.8) is 0 Å². The van der Waals surface area contributed by atoms with Crippen LogP contribution >= 0.6 is 12.4 Å². The summed E-state index contributed by atoms with van der Waals surface area (Å²) in [6.45, 7) is 0. The Morgan fingerprint density at radius 1 is 0.938 bits per heavy atom. The third-order valence-electron chi connectivity index (χ3n) is 1.96. The average Bonchev–Trinajstić information content (AvgIpc) is 2.25. The van der Waals surface area contributed by atoms with Gasteiger partial charge in [-0.3, -0.25) is 0 Å². The first-order chi connectivity index (χ1) is 7.25. The van der Waals surface area contributed by atoms with Crippen molar-refractivity contribution in [1.29, 1.82) is 0 Å². The lowest BCUT2D eigenvalue weighted by molar-refractivity contribution is 0.483. The molecular weight excluding hydrogens is 229 g/mol. The number of nitrogens with two attached hydrogens (primary N) is 1. The smallest absolute Gasteiger partial charge is 0.150 e. The maximum Gasteiger partial charge on any atom is 0.150 e. The van der Waals surface area contributed by atoms with Gasteiger partial charge < -0.3 is 10.5 Å². The Morgan fingerprint density at radius 3 is 2.19 bits per heavy atom. The minimum absolute atomic E-state index is 0. The van der Waals surface area contributed by atoms with Crippen molar-refractivity contribution < 1.29 is 9.13 Å². The topological polar surface area (TPSA) is 35.2 Å². The van der Waals surface area contributed by atoms with Crippen LogP contribution in [-0.4, -0.2) is 0 Å². The molecule has 0 aromatic heterocycles. The number of halogens is 2. The maximum absolute atomic E-state index is 12.6. The molecule has 2 aromatic carbocycles. The van der Waals surface area contributed by atoms with Gasteiger partial charge in [-0.2, -0.15) is 0 Å². The zero-order chi connectivity index (χ0) is 10.7. The predicted octanol–water partition coefficient (Wildman–Crippen LogP) is 3.62. The first kappa shape index (κ1) is 12.3. The lowest BCUT2D eigenvalue weighted by Crippen LogP contribution is -1.91. The fourth-order valence-electron chi connectivity index (χ4n) is 1.20. The van der Waals surface area contributed by atoms with Gasteiger partial charge in [-0.1, -0.05) is 12.1 Å². The molecule has 0 aliphatic carbocycles. The van der Waals surface area contributed by atoms with E-state index >= 15 is 0 Å². The summed E-state index contributed by atoms with van der Waals surface area (Å²) in [4.78, 5) is 0. The summed E-state index contributed by atoms with van der Waals surface area (Å²) in [7, 11) is 0. The highest BCUT2D eigenvalue weighted by Crippen LogP contribution is 2.26. The lowest BCUT2D eigenvalue weighted by Gasteiger charge is -2.07. The monoisotopic (exact) mass is 239 g/mol. The summed E-state index contributed by atoms with van der Waals surface area (Å²) in [6, 6.07) is 13.0. The fraction of sp³-hybridized carbons (Fsp3) is 0. The Balaban J connectivity index is 0.00000128. The molecule has 2 nitrogen and oxygen atoms in total. The van der Waals surface area contributed by atoms with E-state index in [1.54, 1.807) is 24.3 Å². The van der Waals surface area contributed by atoms with Crippen LogP contribution in [0.15, 0.2) is 48.5 Å². The Hall–Kier alpha value is -1.74. The van der Waals surface area contributed by atoms with Crippen molar-refractivity contribution in [2.45, 2.75) is 0 Å². The highest BCUT2D eigenvalue weighted by Gasteiger charge is 2.00. The van der Waals surface area contributed by atoms with E-state index in [4.69, 9.17) is 10.5 Å². The molecule has 84 valence electrons. The van der Waals surface area contributed by atoms with Crippen LogP contribution in [0.2, 0.25) is 0 Å². The van der Waals surface area contributed by atoms with Crippen LogP contribution in [0.25, 0.3) is 0 Å². The Bertz CT molecular complexity index is 459. The molecule has 0 bridgehead atoms. The van der Waals surface area contributed by atoms with Gasteiger partial charge in [-0.25, -0.2) is 4.39 Å². The second kappa shape index (κ2) is 5.37. The Labute approximate surface area is 99.3 Å². The number of para-hydroxylation sites is 2. The molecule has 16 heavy (non-hydrogen) atoms. The average molecular weight is 240 g/mol. The van der Waals surface area contributed by atoms with Gasteiger partial charge in [0, 0.05) is 0 Å². The quantitative estimate of drug-likeness (QED) is 0.813. The molecule has 2 aromatic rings. The SMILES string of the molecule is Cl.Nc1ccccc1Oc1ccc(F)cc1. The van der Waals surface area contributed by atoms with Crippen molar-refractivity contribution in [2.75, 3.05) is 5.73 Å². The van der Waals surface area contributed by atoms with Crippen LogP contribution in [-0.2, 0) is 0 Å². The third-order valence-corrected chi connectivity index (χ3v) is 1.96. The molecule has 0 unspecified atom stereocenters. The molecule has 0 atom stereocenters. The Morgan fingerprint density at radius 2 is 1.56 bits per heavy atom. The second-order valence-electron chi connectivity index (χ2n) is 3.09. The molecular formula is C12H11ClFNO. The molecule has 0 aliphatic rings. The van der Waals surface area contributed by atoms with Gasteiger partial charge >= 0.3 is 0 Å². The number of nitrogen functional groups attached to an aromatic ring is 1. The molecule has 0 aliphatic heterocycles. The predicted molar refractivity (Wildman–Crippen MR) is 64.6 cm³/mol. The van der Waals surface area contributed by atoms with Crippen molar-refractivity contribution in [1.82, 2.24) is 0 Å². The highest BCUT2D eigenvalue weighted by atomic mass is 35.5. The van der Waals surface area contributed by atoms with Crippen LogP contribution in [0.1, 0.15) is 0 Å². The molecule has 4 heteroatoms. The normalized spacial score (nSPS) is 9.31. The van der Waals surface area contributed by atoms with Crippen LogP contribution in [0.5, 0.6) is 11.5 Å². The van der Waals surface area contributed by atoms with Gasteiger partial charge in [0.1, 0.15) is 17.3 Å². The number of ether oxygens (including phenoxy) is 1. The van der Waals surface area contributed by atoms with Crippen molar-refractivity contribution in [3.8, 4) is 11.5 Å². The van der Waals surface area contributed by atoms with Gasteiger partial charge in [0.05, 0.1) is 5.69 Å². The fourth-order valence-corrected chi connectivity index (χ4v) is 1.20. The molecule has 0 fully saturated rings. The van der Waals surface area contributed by atoms with E-state index in [0.717, 1.165) is 0 Å². The number of anilines is 1. The number of hydrogen-bond acceptors (Lipinski definition) is 2. The lowest BCUT2D eigenvalue weighted by atomic mass is 10.3. The van der Waals surface area contributed by atoms with Gasteiger partial charge in [-0.15, -0.1) is 12.4 Å². The number of hydrogen-bond donors (Lipinski definition) is 1. The van der Waals surface area contributed by atoms with E-state index in [0.29, 0.717) is 17.2 Å². The summed E-state index contributed by atoms with van der Waals surface area (Å²) < 4.78 is 18.1. The van der Waals surface area contributed by atoms with Crippen LogP contribution in [0.3, 0.4) is 0 Å². The highest BCUT2D eigenvalue weighted by molar-refractivity contribution is 5.85. The molecule has 0 saturated heterocycles. The second-order valence-corrected chi connectivity index (χ2v) is 3.09. The number of rotatable bonds is 2. The zero-order valence-corrected chi connectivity index (χ0v) is 9.21. The summed E-state index contributed by atoms with van der Waals surface area (Å²) in [6.07, 6.45) is 0. The van der Waals surface area contributed by atoms with Crippen molar-refractivity contribution >= 4 is 18.1 Å². The minimum atomic E-state index is -0.289. The summed E-state index contributed by atoms with van der Waals surface area (Å²) in [5.41, 5.74) is 6.26. The minimum Gasteiger partial charge on any atom is -0.455 e. The van der Waals surface area contributed by atoms with E-state index in [9.17, 15) is 4.39 Å². The third kappa shape index (κ3) is 2.87. The summed E-state index contributed by atoms with van der Waals surface area (Å²) in [5, 5.41) is 0. The van der Waals surface area contributed by atoms with Crippen LogP contribution in [0, 0.1) is 5.82 Å². The van der Waals surface area contributed by atoms with Crippen molar-refractivity contribution in [2.24, 2.45) is 0 Å². The molecule has 0 radical (unpaired) electrons. The van der Waals surface area contributed by atoms with Gasteiger partial charge in [0.2, 0.25) is 0 Å². The van der Waals surface area contributed by atoms with Crippen LogP contribution in [0.4, 0.5) is 10.1 Å². The summed E-state index contributed by atoms with van der Waals surface area (Å²) in [5.74, 6) is 0.849. The maximum atomic E-state index is 12.6. The van der Waals surface area contributed by atoms with E-state index in [2.05, 4.69) is 0 Å².